The quantitative estimate of drug-likeness (QED) is 0.168. The summed E-state index contributed by atoms with van der Waals surface area (Å²) in [7, 11) is 0. The molecule has 2 aromatic carbocycles. The topological polar surface area (TPSA) is 84.0 Å². The normalized spacial score (nSPS) is 11.2. The van der Waals surface area contributed by atoms with Crippen molar-refractivity contribution < 1.29 is 9.59 Å². The Morgan fingerprint density at radius 1 is 0.619 bits per heavy atom. The van der Waals surface area contributed by atoms with Crippen molar-refractivity contribution in [3.8, 4) is 21.1 Å². The molecule has 0 spiro atoms. The van der Waals surface area contributed by atoms with Gasteiger partial charge in [-0.3, -0.25) is 9.59 Å². The number of carbonyl (C=O) groups is 2. The number of hydrogen-bond donors (Lipinski definition) is 2. The van der Waals surface area contributed by atoms with Gasteiger partial charge < -0.3 is 10.6 Å². The average Bonchev–Trinajstić information content (AvgIpc) is 3.65. The van der Waals surface area contributed by atoms with Gasteiger partial charge in [-0.1, -0.05) is 36.4 Å². The lowest BCUT2D eigenvalue weighted by Crippen LogP contribution is -2.27. The van der Waals surface area contributed by atoms with Crippen LogP contribution in [-0.2, 0) is 0 Å². The summed E-state index contributed by atoms with van der Waals surface area (Å²) in [4.78, 5) is 40.6. The van der Waals surface area contributed by atoms with Gasteiger partial charge in [-0.05, 0) is 75.2 Å². The molecule has 4 heterocycles. The second-order valence-corrected chi connectivity index (χ2v) is 12.8. The molecule has 6 aromatic rings. The van der Waals surface area contributed by atoms with Gasteiger partial charge in [0.25, 0.3) is 11.8 Å². The zero-order chi connectivity index (χ0) is 29.1. The SMILES string of the molecule is Cc1ccc(-c2cc(C(=O)NCCCCNC(=O)c3cc(-c4ccc(C)s4)nc4ccccc34)c3ccccc3n2)s1. The van der Waals surface area contributed by atoms with E-state index in [1.165, 1.54) is 9.75 Å². The standard InChI is InChI=1S/C34H30N4O2S2/c1-21-13-15-31(41-21)29-19-25(23-9-3-5-11-27(23)37-29)33(39)35-17-7-8-18-36-34(40)26-20-30(32-16-14-22(2)42-32)38-28-12-6-4-10-24(26)28/h3-6,9-16,19-20H,7-8,17-18H2,1-2H3,(H,35,39)(H,36,40). The van der Waals surface area contributed by atoms with Crippen LogP contribution in [0.15, 0.2) is 84.9 Å². The molecule has 0 aliphatic heterocycles. The number of aryl methyl sites for hydroxylation is 2. The lowest BCUT2D eigenvalue weighted by atomic mass is 10.1. The Hall–Kier alpha value is -4.40. The Labute approximate surface area is 252 Å². The van der Waals surface area contributed by atoms with Crippen molar-refractivity contribution in [2.75, 3.05) is 13.1 Å². The Morgan fingerprint density at radius 3 is 1.45 bits per heavy atom. The molecule has 0 unspecified atom stereocenters. The van der Waals surface area contributed by atoms with Crippen LogP contribution >= 0.6 is 22.7 Å². The molecule has 8 heteroatoms. The van der Waals surface area contributed by atoms with Crippen LogP contribution < -0.4 is 10.6 Å². The van der Waals surface area contributed by atoms with E-state index in [-0.39, 0.29) is 11.8 Å². The number of rotatable bonds is 9. The van der Waals surface area contributed by atoms with Crippen molar-refractivity contribution in [3.05, 3.63) is 106 Å². The first-order valence-corrected chi connectivity index (χ1v) is 15.6. The molecule has 0 radical (unpaired) electrons. The van der Waals surface area contributed by atoms with Crippen LogP contribution in [-0.4, -0.2) is 34.9 Å². The number of pyridine rings is 2. The molecule has 0 saturated carbocycles. The van der Waals surface area contributed by atoms with Crippen molar-refractivity contribution in [2.24, 2.45) is 0 Å². The Bertz CT molecular complexity index is 1780. The predicted molar refractivity (Wildman–Crippen MR) is 173 cm³/mol. The van der Waals surface area contributed by atoms with E-state index < -0.39 is 0 Å². The highest BCUT2D eigenvalue weighted by molar-refractivity contribution is 7.15. The van der Waals surface area contributed by atoms with E-state index in [2.05, 4.69) is 36.6 Å². The number of amides is 2. The van der Waals surface area contributed by atoms with E-state index in [1.54, 1.807) is 22.7 Å². The minimum Gasteiger partial charge on any atom is -0.352 e. The Balaban J connectivity index is 1.07. The van der Waals surface area contributed by atoms with Crippen LogP contribution in [0.1, 0.15) is 43.3 Å². The number of unbranched alkanes of at least 4 members (excludes halogenated alkanes) is 1. The van der Waals surface area contributed by atoms with Gasteiger partial charge in [0.15, 0.2) is 0 Å². The van der Waals surface area contributed by atoms with Gasteiger partial charge in [0.2, 0.25) is 0 Å². The summed E-state index contributed by atoms with van der Waals surface area (Å²) < 4.78 is 0. The highest BCUT2D eigenvalue weighted by Gasteiger charge is 2.16. The predicted octanol–water partition coefficient (Wildman–Crippen LogP) is 7.80. The number of benzene rings is 2. The molecule has 2 N–H and O–H groups in total. The number of carbonyl (C=O) groups excluding carboxylic acids is 2. The summed E-state index contributed by atoms with van der Waals surface area (Å²) in [6.07, 6.45) is 1.48. The molecular weight excluding hydrogens is 561 g/mol. The van der Waals surface area contributed by atoms with Crippen molar-refractivity contribution >= 4 is 56.3 Å². The fourth-order valence-corrected chi connectivity index (χ4v) is 6.62. The molecular formula is C34H30N4O2S2. The molecule has 2 amide bonds. The lowest BCUT2D eigenvalue weighted by Gasteiger charge is -2.11. The average molecular weight is 591 g/mol. The molecule has 0 atom stereocenters. The minimum atomic E-state index is -0.119. The van der Waals surface area contributed by atoms with Gasteiger partial charge >= 0.3 is 0 Å². The van der Waals surface area contributed by atoms with Gasteiger partial charge in [-0.2, -0.15) is 0 Å². The maximum atomic E-state index is 13.2. The summed E-state index contributed by atoms with van der Waals surface area (Å²) in [6, 6.07) is 27.5. The number of aromatic nitrogens is 2. The van der Waals surface area contributed by atoms with E-state index in [9.17, 15) is 9.59 Å². The molecule has 0 bridgehead atoms. The molecule has 0 fully saturated rings. The fraction of sp³-hybridized carbons (Fsp3) is 0.176. The maximum absolute atomic E-state index is 13.2. The summed E-state index contributed by atoms with van der Waals surface area (Å²) >= 11 is 3.33. The first kappa shape index (κ1) is 27.8. The maximum Gasteiger partial charge on any atom is 0.252 e. The monoisotopic (exact) mass is 590 g/mol. The summed E-state index contributed by atoms with van der Waals surface area (Å²) in [5, 5.41) is 7.80. The Kier molecular flexibility index (Phi) is 8.08. The molecule has 42 heavy (non-hydrogen) atoms. The van der Waals surface area contributed by atoms with Crippen LogP contribution in [0.4, 0.5) is 0 Å². The lowest BCUT2D eigenvalue weighted by molar-refractivity contribution is 0.0941. The molecule has 6 nitrogen and oxygen atoms in total. The van der Waals surface area contributed by atoms with Gasteiger partial charge in [0.05, 0.1) is 43.3 Å². The molecule has 210 valence electrons. The van der Waals surface area contributed by atoms with E-state index in [0.29, 0.717) is 24.2 Å². The zero-order valence-electron chi connectivity index (χ0n) is 23.4. The number of nitrogens with one attached hydrogen (secondary N) is 2. The van der Waals surface area contributed by atoms with Crippen LogP contribution in [0.5, 0.6) is 0 Å². The number of hydrogen-bond acceptors (Lipinski definition) is 6. The third kappa shape index (κ3) is 5.95. The largest absolute Gasteiger partial charge is 0.352 e. The third-order valence-electron chi connectivity index (χ3n) is 7.08. The van der Waals surface area contributed by atoms with Crippen molar-refractivity contribution in [1.29, 1.82) is 0 Å². The second kappa shape index (κ2) is 12.2. The highest BCUT2D eigenvalue weighted by atomic mass is 32.1. The number of para-hydroxylation sites is 2. The van der Waals surface area contributed by atoms with E-state index in [0.717, 1.165) is 55.8 Å². The van der Waals surface area contributed by atoms with Gasteiger partial charge in [0, 0.05) is 33.6 Å². The van der Waals surface area contributed by atoms with Crippen molar-refractivity contribution in [3.63, 3.8) is 0 Å². The first-order valence-electron chi connectivity index (χ1n) is 14.0. The summed E-state index contributed by atoms with van der Waals surface area (Å²) in [5.41, 5.74) is 4.46. The third-order valence-corrected chi connectivity index (χ3v) is 9.13. The zero-order valence-corrected chi connectivity index (χ0v) is 25.1. The minimum absolute atomic E-state index is 0.119. The van der Waals surface area contributed by atoms with Crippen LogP contribution in [0.2, 0.25) is 0 Å². The molecule has 0 aliphatic rings. The number of nitrogens with zero attached hydrogens (tertiary/aromatic N) is 2. The highest BCUT2D eigenvalue weighted by Crippen LogP contribution is 2.31. The number of thiophene rings is 2. The second-order valence-electron chi connectivity index (χ2n) is 10.2. The molecule has 4 aromatic heterocycles. The molecule has 0 aliphatic carbocycles. The van der Waals surface area contributed by atoms with Crippen molar-refractivity contribution in [1.82, 2.24) is 20.6 Å². The fourth-order valence-electron chi connectivity index (χ4n) is 4.97. The van der Waals surface area contributed by atoms with Gasteiger partial charge in [0.1, 0.15) is 0 Å². The van der Waals surface area contributed by atoms with Crippen molar-refractivity contribution in [2.45, 2.75) is 26.7 Å². The van der Waals surface area contributed by atoms with Crippen LogP contribution in [0.3, 0.4) is 0 Å². The summed E-state index contributed by atoms with van der Waals surface area (Å²) in [6.45, 7) is 5.15. The van der Waals surface area contributed by atoms with E-state index in [4.69, 9.17) is 9.97 Å². The van der Waals surface area contributed by atoms with Crippen LogP contribution in [0.25, 0.3) is 42.9 Å². The molecule has 6 rings (SSSR count). The van der Waals surface area contributed by atoms with E-state index in [1.807, 2.05) is 72.8 Å². The Morgan fingerprint density at radius 2 is 1.05 bits per heavy atom. The van der Waals surface area contributed by atoms with Gasteiger partial charge in [-0.15, -0.1) is 22.7 Å². The smallest absolute Gasteiger partial charge is 0.252 e. The first-order chi connectivity index (χ1) is 20.5. The summed E-state index contributed by atoms with van der Waals surface area (Å²) in [5.74, 6) is -0.237. The molecule has 0 saturated heterocycles. The van der Waals surface area contributed by atoms with Gasteiger partial charge in [-0.25, -0.2) is 9.97 Å². The van der Waals surface area contributed by atoms with Crippen LogP contribution in [0, 0.1) is 13.8 Å². The number of fused-ring (bicyclic) bond motifs is 2. The van der Waals surface area contributed by atoms with E-state index >= 15 is 0 Å².